The number of halogens is 2. The van der Waals surface area contributed by atoms with E-state index >= 15 is 0 Å². The second kappa shape index (κ2) is 10.0. The summed E-state index contributed by atoms with van der Waals surface area (Å²) in [5, 5.41) is 1.33. The summed E-state index contributed by atoms with van der Waals surface area (Å²) in [6.07, 6.45) is 0. The average molecular weight is 431 g/mol. The maximum absolute atomic E-state index is 5.05. The van der Waals surface area contributed by atoms with Gasteiger partial charge in [-0.05, 0) is 16.5 Å². The predicted molar refractivity (Wildman–Crippen MR) is 111 cm³/mol. The van der Waals surface area contributed by atoms with Crippen molar-refractivity contribution in [1.82, 2.24) is 0 Å². The van der Waals surface area contributed by atoms with Gasteiger partial charge in [0.1, 0.15) is 0 Å². The fourth-order valence-electron chi connectivity index (χ4n) is 2.34. The van der Waals surface area contributed by atoms with E-state index in [4.69, 9.17) is 28.6 Å². The first-order valence-corrected chi connectivity index (χ1v) is 18.5. The number of benzene rings is 2. The fraction of sp³-hybridized carbons (Fsp3) is 0.294. The molecule has 0 unspecified atom stereocenters. The Balaban J connectivity index is 0.000000891. The van der Waals surface area contributed by atoms with Crippen LogP contribution in [0.2, 0.25) is 32.7 Å². The molecule has 0 bridgehead atoms. The van der Waals surface area contributed by atoms with Crippen LogP contribution in [0.15, 0.2) is 54.6 Å². The Bertz CT molecular complexity index is 619. The van der Waals surface area contributed by atoms with Crippen molar-refractivity contribution in [3.05, 3.63) is 64.6 Å². The van der Waals surface area contributed by atoms with Gasteiger partial charge in [-0.1, -0.05) is 92.5 Å². The van der Waals surface area contributed by atoms with E-state index in [0.29, 0.717) is 0 Å². The van der Waals surface area contributed by atoms with Gasteiger partial charge in [-0.15, -0.1) is 11.4 Å². The van der Waals surface area contributed by atoms with Crippen LogP contribution in [0, 0.1) is 0 Å². The number of rotatable bonds is 5. The third-order valence-corrected chi connectivity index (χ3v) is 6.65. The molecule has 0 saturated carbocycles. The fourth-order valence-corrected chi connectivity index (χ4v) is 5.55. The van der Waals surface area contributed by atoms with Gasteiger partial charge >= 0.3 is 35.6 Å². The summed E-state index contributed by atoms with van der Waals surface area (Å²) in [5.74, 6) is 0. The standard InChI is InChI=1S/C17H24N2Si2.2ClH.Ti/c1-20(2,3)19-16-13-9-10-14-17(16)21(4,5)18-15-11-7-6-8-12-15;;;/h6-14H,1-5H3;2*1H;/q-2;;;+2/p-2. The molecule has 2 rings (SSSR count). The van der Waals surface area contributed by atoms with Gasteiger partial charge in [-0.25, -0.2) is 0 Å². The third-order valence-electron chi connectivity index (χ3n) is 3.18. The van der Waals surface area contributed by atoms with Crippen molar-refractivity contribution in [3.63, 3.8) is 0 Å². The minimum atomic E-state index is -1.91. The molecule has 0 fully saturated rings. The minimum absolute atomic E-state index is 0.556. The number of hydrogen-bond acceptors (Lipinski definition) is 0. The molecule has 2 aromatic carbocycles. The maximum atomic E-state index is 5.05. The monoisotopic (exact) mass is 430 g/mol. The van der Waals surface area contributed by atoms with Crippen LogP contribution in [-0.2, 0) is 17.0 Å². The zero-order valence-corrected chi connectivity index (χ0v) is 19.9. The van der Waals surface area contributed by atoms with Gasteiger partial charge in [0, 0.05) is 0 Å². The molecule has 0 aliphatic heterocycles. The van der Waals surface area contributed by atoms with E-state index in [0.717, 1.165) is 11.4 Å². The molecule has 0 radical (unpaired) electrons. The van der Waals surface area contributed by atoms with Crippen LogP contribution in [0.1, 0.15) is 0 Å². The van der Waals surface area contributed by atoms with Gasteiger partial charge in [0.15, 0.2) is 0 Å². The Kier molecular flexibility index (Phi) is 9.13. The van der Waals surface area contributed by atoms with Crippen molar-refractivity contribution in [2.24, 2.45) is 0 Å². The zero-order valence-electron chi connectivity index (χ0n) is 14.8. The summed E-state index contributed by atoms with van der Waals surface area (Å²) in [6, 6.07) is 18.8. The molecule has 0 saturated heterocycles. The topological polar surface area (TPSA) is 28.2 Å². The van der Waals surface area contributed by atoms with Crippen molar-refractivity contribution in [1.29, 1.82) is 0 Å². The molecule has 2 aromatic rings. The van der Waals surface area contributed by atoms with Gasteiger partial charge in [0.25, 0.3) is 0 Å². The molecule has 0 heterocycles. The molecule has 0 aliphatic carbocycles. The van der Waals surface area contributed by atoms with Crippen molar-refractivity contribution < 1.29 is 17.0 Å². The number of nitrogens with zero attached hydrogens (tertiary/aromatic N) is 2. The quantitative estimate of drug-likeness (QED) is 0.455. The van der Waals surface area contributed by atoms with Gasteiger partial charge < -0.3 is 9.96 Å². The van der Waals surface area contributed by atoms with Gasteiger partial charge in [-0.2, -0.15) is 0 Å². The molecule has 0 amide bonds. The number of hydrogen-bond donors (Lipinski definition) is 0. The van der Waals surface area contributed by atoms with Crippen molar-refractivity contribution in [3.8, 4) is 0 Å². The molecular formula is C17H24Cl2N2Si2Ti-2. The molecule has 0 aromatic heterocycles. The van der Waals surface area contributed by atoms with Crippen molar-refractivity contribution >= 4 is 51.6 Å². The molecular weight excluding hydrogens is 407 g/mol. The normalized spacial score (nSPS) is 11.1. The van der Waals surface area contributed by atoms with Crippen LogP contribution < -0.4 is 5.19 Å². The van der Waals surface area contributed by atoms with Crippen LogP contribution in [0.25, 0.3) is 9.96 Å². The SMILES string of the molecule is C[Si](C)(C)[N-]c1ccccc1[Si](C)(C)[N-]c1ccccc1.[Cl][Ti][Cl]. The molecule has 0 atom stereocenters. The molecule has 24 heavy (non-hydrogen) atoms. The van der Waals surface area contributed by atoms with Gasteiger partial charge in [0.2, 0.25) is 0 Å². The second-order valence-corrected chi connectivity index (χ2v) is 17.9. The van der Waals surface area contributed by atoms with E-state index in [1.807, 2.05) is 18.2 Å². The van der Waals surface area contributed by atoms with Crippen LogP contribution in [-0.4, -0.2) is 16.5 Å². The Morgan fingerprint density at radius 2 is 1.25 bits per heavy atom. The zero-order chi connectivity index (χ0) is 18.2. The first-order valence-electron chi connectivity index (χ1n) is 7.76. The Labute approximate surface area is 165 Å². The third kappa shape index (κ3) is 7.77. The van der Waals surface area contributed by atoms with Crippen LogP contribution in [0.5, 0.6) is 0 Å². The van der Waals surface area contributed by atoms with Crippen LogP contribution in [0.3, 0.4) is 0 Å². The molecule has 0 spiro atoms. The molecule has 7 heteroatoms. The molecule has 0 N–H and O–H groups in total. The summed E-state index contributed by atoms with van der Waals surface area (Å²) in [5.41, 5.74) is 2.21. The van der Waals surface area contributed by atoms with Crippen LogP contribution in [0.4, 0.5) is 11.4 Å². The van der Waals surface area contributed by atoms with Crippen molar-refractivity contribution in [2.75, 3.05) is 0 Å². The van der Waals surface area contributed by atoms with Crippen LogP contribution >= 0.6 is 18.6 Å². The summed E-state index contributed by atoms with van der Waals surface area (Å²) in [7, 11) is 6.37. The summed E-state index contributed by atoms with van der Waals surface area (Å²) in [6.45, 7) is 11.4. The van der Waals surface area contributed by atoms with Crippen molar-refractivity contribution in [2.45, 2.75) is 32.7 Å². The summed E-state index contributed by atoms with van der Waals surface area (Å²) >= 11 is -0.556. The van der Waals surface area contributed by atoms with E-state index in [1.54, 1.807) is 0 Å². The Hall–Kier alpha value is -0.232. The predicted octanol–water partition coefficient (Wildman–Crippen LogP) is 7.02. The van der Waals surface area contributed by atoms with Gasteiger partial charge in [-0.3, -0.25) is 0 Å². The average Bonchev–Trinajstić information content (AvgIpc) is 2.47. The first kappa shape index (κ1) is 21.8. The summed E-state index contributed by atoms with van der Waals surface area (Å²) in [4.78, 5) is 10.1. The second-order valence-electron chi connectivity index (χ2n) is 6.88. The van der Waals surface area contributed by atoms with Gasteiger partial charge in [0.05, 0.1) is 0 Å². The van der Waals surface area contributed by atoms with E-state index < -0.39 is 33.5 Å². The molecule has 0 aliphatic rings. The Morgan fingerprint density at radius 1 is 0.750 bits per heavy atom. The first-order chi connectivity index (χ1) is 11.2. The van der Waals surface area contributed by atoms with E-state index in [-0.39, 0.29) is 0 Å². The van der Waals surface area contributed by atoms with E-state index in [2.05, 4.69) is 69.1 Å². The molecule has 2 nitrogen and oxygen atoms in total. The van der Waals surface area contributed by atoms with E-state index in [9.17, 15) is 0 Å². The summed E-state index contributed by atoms with van der Waals surface area (Å²) < 4.78 is 0. The molecule has 130 valence electrons. The Morgan fingerprint density at radius 3 is 1.79 bits per heavy atom. The van der Waals surface area contributed by atoms with E-state index in [1.165, 1.54) is 5.19 Å².